The monoisotopic (exact) mass is 379 g/mol. The van der Waals surface area contributed by atoms with Gasteiger partial charge in [-0.3, -0.25) is 14.4 Å². The largest absolute Gasteiger partial charge is 0.466 e. The van der Waals surface area contributed by atoms with Crippen molar-refractivity contribution >= 4 is 40.6 Å². The maximum absolute atomic E-state index is 11.9. The molecule has 2 aromatic rings. The molecule has 0 fully saturated rings. The first-order chi connectivity index (χ1) is 12.1. The molecule has 1 amide bonds. The van der Waals surface area contributed by atoms with Gasteiger partial charge >= 0.3 is 5.97 Å². The van der Waals surface area contributed by atoms with Gasteiger partial charge in [0.05, 0.1) is 17.9 Å². The lowest BCUT2D eigenvalue weighted by Gasteiger charge is -2.06. The number of benzene rings is 1. The molecule has 1 N–H and O–H groups in total. The summed E-state index contributed by atoms with van der Waals surface area (Å²) in [4.78, 5) is 35.9. The molecule has 1 aromatic carbocycles. The van der Waals surface area contributed by atoms with Crippen molar-refractivity contribution in [3.05, 3.63) is 57.2 Å². The van der Waals surface area contributed by atoms with Gasteiger partial charge in [0.2, 0.25) is 0 Å². The normalized spacial score (nSPS) is 10.3. The van der Waals surface area contributed by atoms with Crippen LogP contribution in [-0.4, -0.2) is 30.8 Å². The molecule has 0 atom stereocenters. The van der Waals surface area contributed by atoms with Crippen molar-refractivity contribution < 1.29 is 19.1 Å². The highest BCUT2D eigenvalue weighted by molar-refractivity contribution is 7.12. The number of ether oxygens (including phenoxy) is 1. The lowest BCUT2D eigenvalue weighted by molar-refractivity contribution is -0.143. The summed E-state index contributed by atoms with van der Waals surface area (Å²) in [5, 5.41) is 5.14. The van der Waals surface area contributed by atoms with Crippen molar-refractivity contribution in [1.82, 2.24) is 5.32 Å². The van der Waals surface area contributed by atoms with Crippen LogP contribution in [0.3, 0.4) is 0 Å². The average Bonchev–Trinajstić information content (AvgIpc) is 3.14. The van der Waals surface area contributed by atoms with E-state index in [1.54, 1.807) is 30.3 Å². The summed E-state index contributed by atoms with van der Waals surface area (Å²) in [7, 11) is 0. The van der Waals surface area contributed by atoms with Crippen LogP contribution in [0, 0.1) is 0 Å². The molecule has 0 aliphatic carbocycles. The number of rotatable bonds is 9. The molecule has 2 rings (SSSR count). The minimum atomic E-state index is -0.424. The molecule has 1 aromatic heterocycles. The standard InChI is InChI=1S/C18H18ClNO4S/c19-14-6-4-13(5-7-14)15(21)8-9-17(22)24-11-2-10-20-18(23)16-3-1-12-25-16/h1,3-7,12H,2,8-11H2,(H,20,23). The minimum absolute atomic E-state index is 0.0308. The van der Waals surface area contributed by atoms with E-state index in [-0.39, 0.29) is 31.1 Å². The Morgan fingerprint density at radius 1 is 1.08 bits per heavy atom. The predicted octanol–water partition coefficient (Wildman–Crippen LogP) is 3.73. The van der Waals surface area contributed by atoms with Gasteiger partial charge in [-0.2, -0.15) is 0 Å². The molecule has 0 saturated carbocycles. The molecule has 1 heterocycles. The van der Waals surface area contributed by atoms with Crippen LogP contribution in [0.15, 0.2) is 41.8 Å². The second-order valence-corrected chi connectivity index (χ2v) is 6.62. The lowest BCUT2D eigenvalue weighted by Crippen LogP contribution is -2.24. The second-order valence-electron chi connectivity index (χ2n) is 5.24. The molecule has 7 heteroatoms. The SMILES string of the molecule is O=C(CCC(=O)c1ccc(Cl)cc1)OCCCNC(=O)c1cccs1. The molecule has 0 bridgehead atoms. The van der Waals surface area contributed by atoms with E-state index in [0.29, 0.717) is 28.4 Å². The summed E-state index contributed by atoms with van der Waals surface area (Å²) in [5.74, 6) is -0.682. The Morgan fingerprint density at radius 2 is 1.84 bits per heavy atom. The molecule has 0 spiro atoms. The highest BCUT2D eigenvalue weighted by Crippen LogP contribution is 2.12. The molecular weight excluding hydrogens is 362 g/mol. The third kappa shape index (κ3) is 6.68. The molecule has 5 nitrogen and oxygen atoms in total. The minimum Gasteiger partial charge on any atom is -0.466 e. The summed E-state index contributed by atoms with van der Waals surface area (Å²) in [6.45, 7) is 0.631. The Bertz CT molecular complexity index is 713. The van der Waals surface area contributed by atoms with E-state index in [9.17, 15) is 14.4 Å². The van der Waals surface area contributed by atoms with E-state index in [1.165, 1.54) is 11.3 Å². The molecule has 0 aliphatic rings. The van der Waals surface area contributed by atoms with E-state index in [1.807, 2.05) is 11.4 Å². The molecular formula is C18H18ClNO4S. The smallest absolute Gasteiger partial charge is 0.306 e. The van der Waals surface area contributed by atoms with Gasteiger partial charge in [0, 0.05) is 23.6 Å². The Kier molecular flexibility index (Phi) is 7.63. The number of thiophene rings is 1. The lowest BCUT2D eigenvalue weighted by atomic mass is 10.1. The van der Waals surface area contributed by atoms with Gasteiger partial charge in [0.1, 0.15) is 0 Å². The molecule has 0 aliphatic heterocycles. The van der Waals surface area contributed by atoms with E-state index in [4.69, 9.17) is 16.3 Å². The van der Waals surface area contributed by atoms with Crippen LogP contribution < -0.4 is 5.32 Å². The molecule has 0 saturated heterocycles. The third-order valence-electron chi connectivity index (χ3n) is 3.34. The first-order valence-electron chi connectivity index (χ1n) is 7.82. The van der Waals surface area contributed by atoms with Crippen molar-refractivity contribution in [1.29, 1.82) is 0 Å². The molecule has 25 heavy (non-hydrogen) atoms. The van der Waals surface area contributed by atoms with Crippen LogP contribution in [0.1, 0.15) is 39.3 Å². The zero-order valence-corrected chi connectivity index (χ0v) is 15.1. The quantitative estimate of drug-likeness (QED) is 0.409. The zero-order chi connectivity index (χ0) is 18.1. The predicted molar refractivity (Wildman–Crippen MR) is 97.2 cm³/mol. The Morgan fingerprint density at radius 3 is 2.52 bits per heavy atom. The van der Waals surface area contributed by atoms with Crippen LogP contribution in [0.2, 0.25) is 5.02 Å². The van der Waals surface area contributed by atoms with Gasteiger partial charge in [-0.25, -0.2) is 0 Å². The number of amides is 1. The van der Waals surface area contributed by atoms with Crippen molar-refractivity contribution in [3.8, 4) is 0 Å². The Labute approximate surface area is 154 Å². The number of halogens is 1. The van der Waals surface area contributed by atoms with E-state index >= 15 is 0 Å². The van der Waals surface area contributed by atoms with Crippen LogP contribution >= 0.6 is 22.9 Å². The molecule has 0 radical (unpaired) electrons. The number of ketones is 1. The van der Waals surface area contributed by atoms with Crippen LogP contribution in [0.4, 0.5) is 0 Å². The zero-order valence-electron chi connectivity index (χ0n) is 13.5. The van der Waals surface area contributed by atoms with Crippen molar-refractivity contribution in [2.45, 2.75) is 19.3 Å². The van der Waals surface area contributed by atoms with Gasteiger partial charge in [-0.1, -0.05) is 17.7 Å². The number of hydrogen-bond donors (Lipinski definition) is 1. The van der Waals surface area contributed by atoms with Gasteiger partial charge in [-0.15, -0.1) is 11.3 Å². The topological polar surface area (TPSA) is 72.5 Å². The fourth-order valence-corrected chi connectivity index (χ4v) is 2.79. The molecule has 132 valence electrons. The van der Waals surface area contributed by atoms with Crippen LogP contribution in [-0.2, 0) is 9.53 Å². The third-order valence-corrected chi connectivity index (χ3v) is 4.46. The summed E-state index contributed by atoms with van der Waals surface area (Å²) < 4.78 is 5.06. The van der Waals surface area contributed by atoms with Crippen LogP contribution in [0.25, 0.3) is 0 Å². The van der Waals surface area contributed by atoms with Gasteiger partial charge < -0.3 is 10.1 Å². The van der Waals surface area contributed by atoms with Gasteiger partial charge in [0.25, 0.3) is 5.91 Å². The fraction of sp³-hybridized carbons (Fsp3) is 0.278. The number of carbonyl (C=O) groups excluding carboxylic acids is 3. The average molecular weight is 380 g/mol. The van der Waals surface area contributed by atoms with Gasteiger partial charge in [-0.05, 0) is 42.1 Å². The van der Waals surface area contributed by atoms with Crippen molar-refractivity contribution in [2.24, 2.45) is 0 Å². The second kappa shape index (κ2) is 9.96. The van der Waals surface area contributed by atoms with E-state index in [2.05, 4.69) is 5.32 Å². The highest BCUT2D eigenvalue weighted by atomic mass is 35.5. The summed E-state index contributed by atoms with van der Waals surface area (Å²) in [6.07, 6.45) is 0.645. The number of hydrogen-bond acceptors (Lipinski definition) is 5. The van der Waals surface area contributed by atoms with Crippen molar-refractivity contribution in [2.75, 3.05) is 13.2 Å². The number of nitrogens with one attached hydrogen (secondary N) is 1. The Balaban J connectivity index is 1.57. The summed E-state index contributed by atoms with van der Waals surface area (Å²) in [5.41, 5.74) is 0.522. The van der Waals surface area contributed by atoms with E-state index < -0.39 is 5.97 Å². The first kappa shape index (κ1) is 19.1. The van der Waals surface area contributed by atoms with Crippen molar-refractivity contribution in [3.63, 3.8) is 0 Å². The van der Waals surface area contributed by atoms with Crippen LogP contribution in [0.5, 0.6) is 0 Å². The number of carbonyl (C=O) groups is 3. The fourth-order valence-electron chi connectivity index (χ4n) is 2.02. The number of esters is 1. The Hall–Kier alpha value is -2.18. The highest BCUT2D eigenvalue weighted by Gasteiger charge is 2.10. The van der Waals surface area contributed by atoms with Gasteiger partial charge in [0.15, 0.2) is 5.78 Å². The maximum Gasteiger partial charge on any atom is 0.306 e. The first-order valence-corrected chi connectivity index (χ1v) is 9.08. The maximum atomic E-state index is 11.9. The summed E-state index contributed by atoms with van der Waals surface area (Å²) in [6, 6.07) is 10.1. The van der Waals surface area contributed by atoms with E-state index in [0.717, 1.165) is 0 Å². The number of Topliss-reactive ketones (excluding diaryl/α,β-unsaturated/α-hetero) is 1. The molecule has 0 unspecified atom stereocenters. The summed E-state index contributed by atoms with van der Waals surface area (Å²) >= 11 is 7.14.